The lowest BCUT2D eigenvalue weighted by molar-refractivity contribution is -0.155. The summed E-state index contributed by atoms with van der Waals surface area (Å²) in [5.41, 5.74) is 0.456. The molecule has 2 heterocycles. The van der Waals surface area contributed by atoms with Crippen LogP contribution in [0.2, 0.25) is 0 Å². The highest BCUT2D eigenvalue weighted by Crippen LogP contribution is 2.45. The molecule has 0 saturated carbocycles. The summed E-state index contributed by atoms with van der Waals surface area (Å²) in [6, 6.07) is 0.198. The Morgan fingerprint density at radius 2 is 2.33 bits per heavy atom. The molecule has 0 spiro atoms. The number of rotatable bonds is 2. The van der Waals surface area contributed by atoms with Gasteiger partial charge in [0, 0.05) is 10.0 Å². The lowest BCUT2D eigenvalue weighted by Gasteiger charge is -2.43. The average molecular weight is 321 g/mol. The molecule has 0 aromatic carbocycles. The summed E-state index contributed by atoms with van der Waals surface area (Å²) >= 11 is 2.12. The Bertz CT molecular complexity index is 364. The van der Waals surface area contributed by atoms with Crippen LogP contribution in [0.1, 0.15) is 19.8 Å². The number of esters is 1. The number of amides is 1. The molecule has 0 bridgehead atoms. The summed E-state index contributed by atoms with van der Waals surface area (Å²) in [5, 5.41) is 0. The summed E-state index contributed by atoms with van der Waals surface area (Å²) in [4.78, 5) is 24.8. The van der Waals surface area contributed by atoms with Crippen LogP contribution < -0.4 is 0 Å². The number of fused-ring (bicyclic) bond motifs is 1. The van der Waals surface area contributed by atoms with E-state index in [1.807, 2.05) is 6.92 Å². The standard InChI is InChI=1S/C10H12INO3/c1-3-5-7-4-6(11)8(10(14)15-2)12(7)9(5)13/h5,7H,3-4H2,1-2H3. The van der Waals surface area contributed by atoms with E-state index in [1.54, 1.807) is 4.90 Å². The van der Waals surface area contributed by atoms with Crippen molar-refractivity contribution in [2.75, 3.05) is 7.11 Å². The van der Waals surface area contributed by atoms with E-state index in [0.29, 0.717) is 5.70 Å². The Labute approximate surface area is 102 Å². The van der Waals surface area contributed by atoms with Crippen molar-refractivity contribution >= 4 is 34.5 Å². The largest absolute Gasteiger partial charge is 0.464 e. The van der Waals surface area contributed by atoms with Crippen LogP contribution >= 0.6 is 22.6 Å². The number of β-lactam (4-membered cyclic amide) rings is 1. The van der Waals surface area contributed by atoms with E-state index in [4.69, 9.17) is 0 Å². The molecule has 1 saturated heterocycles. The number of carbonyl (C=O) groups excluding carboxylic acids is 2. The summed E-state index contributed by atoms with van der Waals surface area (Å²) in [5.74, 6) is -0.240. The highest BCUT2D eigenvalue weighted by Gasteiger charge is 2.53. The number of hydrogen-bond acceptors (Lipinski definition) is 3. The van der Waals surface area contributed by atoms with Crippen LogP contribution in [-0.2, 0) is 14.3 Å². The van der Waals surface area contributed by atoms with E-state index in [2.05, 4.69) is 27.3 Å². The van der Waals surface area contributed by atoms with Gasteiger partial charge in [0.2, 0.25) is 5.91 Å². The minimum absolute atomic E-state index is 0.0644. The van der Waals surface area contributed by atoms with Gasteiger partial charge < -0.3 is 9.64 Å². The highest BCUT2D eigenvalue weighted by molar-refractivity contribution is 14.1. The number of hydrogen-bond donors (Lipinski definition) is 0. The molecular weight excluding hydrogens is 309 g/mol. The van der Waals surface area contributed by atoms with E-state index < -0.39 is 5.97 Å². The molecule has 0 N–H and O–H groups in total. The van der Waals surface area contributed by atoms with Gasteiger partial charge in [-0.15, -0.1) is 0 Å². The maximum absolute atomic E-state index is 11.7. The predicted octanol–water partition coefficient (Wildman–Crippen LogP) is 1.45. The van der Waals surface area contributed by atoms with Gasteiger partial charge in [-0.05, 0) is 29.0 Å². The maximum atomic E-state index is 11.7. The Morgan fingerprint density at radius 3 is 2.87 bits per heavy atom. The monoisotopic (exact) mass is 321 g/mol. The molecule has 4 nitrogen and oxygen atoms in total. The third-order valence-electron chi connectivity index (χ3n) is 3.06. The van der Waals surface area contributed by atoms with E-state index in [9.17, 15) is 9.59 Å². The van der Waals surface area contributed by atoms with Crippen LogP contribution in [0.3, 0.4) is 0 Å². The fourth-order valence-corrected chi connectivity index (χ4v) is 3.21. The first-order valence-electron chi connectivity index (χ1n) is 4.91. The maximum Gasteiger partial charge on any atom is 0.355 e. The molecule has 0 aromatic heterocycles. The first-order valence-corrected chi connectivity index (χ1v) is 5.99. The average Bonchev–Trinajstić information content (AvgIpc) is 2.52. The molecule has 0 aromatic rings. The molecule has 2 unspecified atom stereocenters. The van der Waals surface area contributed by atoms with E-state index in [1.165, 1.54) is 7.11 Å². The van der Waals surface area contributed by atoms with Gasteiger partial charge in [0.15, 0.2) is 0 Å². The van der Waals surface area contributed by atoms with Gasteiger partial charge in [0.05, 0.1) is 19.1 Å². The van der Waals surface area contributed by atoms with Crippen LogP contribution in [0, 0.1) is 5.92 Å². The third kappa shape index (κ3) is 1.39. The lowest BCUT2D eigenvalue weighted by atomic mass is 9.85. The SMILES string of the molecule is CCC1C(=O)N2C(C(=O)OC)=C(I)CC12. The Hall–Kier alpha value is -0.590. The van der Waals surface area contributed by atoms with Gasteiger partial charge in [-0.2, -0.15) is 0 Å². The van der Waals surface area contributed by atoms with E-state index >= 15 is 0 Å². The Kier molecular flexibility index (Phi) is 2.74. The Balaban J connectivity index is 2.25. The van der Waals surface area contributed by atoms with Crippen molar-refractivity contribution in [1.29, 1.82) is 0 Å². The van der Waals surface area contributed by atoms with Crippen molar-refractivity contribution in [3.63, 3.8) is 0 Å². The second-order valence-corrected chi connectivity index (χ2v) is 5.04. The summed E-state index contributed by atoms with van der Waals surface area (Å²) in [6.45, 7) is 2.00. The fraction of sp³-hybridized carbons (Fsp3) is 0.600. The Morgan fingerprint density at radius 1 is 1.67 bits per heavy atom. The summed E-state index contributed by atoms with van der Waals surface area (Å²) in [6.07, 6.45) is 1.65. The molecule has 15 heavy (non-hydrogen) atoms. The van der Waals surface area contributed by atoms with Gasteiger partial charge >= 0.3 is 5.97 Å². The van der Waals surface area contributed by atoms with Gasteiger partial charge in [-0.3, -0.25) is 4.79 Å². The van der Waals surface area contributed by atoms with E-state index in [0.717, 1.165) is 16.4 Å². The zero-order valence-electron chi connectivity index (χ0n) is 8.62. The van der Waals surface area contributed by atoms with Crippen molar-refractivity contribution in [1.82, 2.24) is 4.90 Å². The number of nitrogens with zero attached hydrogens (tertiary/aromatic N) is 1. The topological polar surface area (TPSA) is 46.6 Å². The molecule has 2 atom stereocenters. The summed E-state index contributed by atoms with van der Waals surface area (Å²) in [7, 11) is 1.34. The molecule has 82 valence electrons. The van der Waals surface area contributed by atoms with Crippen LogP contribution in [0.25, 0.3) is 0 Å². The molecule has 2 rings (SSSR count). The van der Waals surface area contributed by atoms with Crippen molar-refractivity contribution in [2.45, 2.75) is 25.8 Å². The van der Waals surface area contributed by atoms with Gasteiger partial charge in [-0.1, -0.05) is 6.92 Å². The smallest absolute Gasteiger partial charge is 0.355 e. The van der Waals surface area contributed by atoms with Crippen molar-refractivity contribution in [2.24, 2.45) is 5.92 Å². The molecule has 2 aliphatic rings. The van der Waals surface area contributed by atoms with Gasteiger partial charge in [0.25, 0.3) is 0 Å². The molecule has 1 amide bonds. The van der Waals surface area contributed by atoms with Crippen molar-refractivity contribution in [3.05, 3.63) is 9.28 Å². The lowest BCUT2D eigenvalue weighted by Crippen LogP contribution is -2.58. The van der Waals surface area contributed by atoms with Crippen molar-refractivity contribution in [3.8, 4) is 0 Å². The van der Waals surface area contributed by atoms with Gasteiger partial charge in [0.1, 0.15) is 5.70 Å². The van der Waals surface area contributed by atoms with Crippen molar-refractivity contribution < 1.29 is 14.3 Å². The van der Waals surface area contributed by atoms with Gasteiger partial charge in [-0.25, -0.2) is 4.79 Å². The molecule has 5 heteroatoms. The molecule has 1 fully saturated rings. The normalized spacial score (nSPS) is 29.0. The van der Waals surface area contributed by atoms with Crippen LogP contribution in [0.5, 0.6) is 0 Å². The summed E-state index contributed by atoms with van der Waals surface area (Å²) < 4.78 is 5.62. The molecule has 2 aliphatic heterocycles. The first-order chi connectivity index (χ1) is 7.11. The third-order valence-corrected chi connectivity index (χ3v) is 4.01. The van der Waals surface area contributed by atoms with Crippen LogP contribution in [0.4, 0.5) is 0 Å². The van der Waals surface area contributed by atoms with E-state index in [-0.39, 0.29) is 17.9 Å². The van der Waals surface area contributed by atoms with Crippen LogP contribution in [0.15, 0.2) is 9.28 Å². The number of ether oxygens (including phenoxy) is 1. The number of halogens is 1. The number of methoxy groups -OCH3 is 1. The highest BCUT2D eigenvalue weighted by atomic mass is 127. The second-order valence-electron chi connectivity index (χ2n) is 3.74. The molecular formula is C10H12INO3. The zero-order chi connectivity index (χ0) is 11.2. The number of carbonyl (C=O) groups is 2. The zero-order valence-corrected chi connectivity index (χ0v) is 10.8. The minimum atomic E-state index is -0.398. The van der Waals surface area contributed by atoms with Crippen LogP contribution in [-0.4, -0.2) is 29.9 Å². The minimum Gasteiger partial charge on any atom is -0.464 e. The molecule has 0 aliphatic carbocycles. The quantitative estimate of drug-likeness (QED) is 0.439. The molecule has 0 radical (unpaired) electrons. The second kappa shape index (κ2) is 3.77. The predicted molar refractivity (Wildman–Crippen MR) is 62.1 cm³/mol. The fourth-order valence-electron chi connectivity index (χ4n) is 2.28. The first kappa shape index (κ1) is 10.9.